The number of aromatic nitrogens is 5. The SMILES string of the molecule is CCOCn1nnc(-c2ccc(F)cc2)c1-c1ccnc(Oc2ccc(F)cc2)n1. The molecular weight excluding hydrogens is 392 g/mol. The molecule has 0 fully saturated rings. The Balaban J connectivity index is 1.73. The van der Waals surface area contributed by atoms with Crippen molar-refractivity contribution in [1.82, 2.24) is 25.0 Å². The molecule has 9 heteroatoms. The second-order valence-corrected chi connectivity index (χ2v) is 6.20. The van der Waals surface area contributed by atoms with E-state index in [9.17, 15) is 8.78 Å². The predicted molar refractivity (Wildman–Crippen MR) is 105 cm³/mol. The van der Waals surface area contributed by atoms with Crippen LogP contribution in [-0.2, 0) is 11.5 Å². The summed E-state index contributed by atoms with van der Waals surface area (Å²) in [5.41, 5.74) is 2.25. The van der Waals surface area contributed by atoms with Crippen molar-refractivity contribution in [3.63, 3.8) is 0 Å². The molecule has 7 nitrogen and oxygen atoms in total. The second-order valence-electron chi connectivity index (χ2n) is 6.20. The van der Waals surface area contributed by atoms with E-state index in [-0.39, 0.29) is 24.4 Å². The zero-order valence-corrected chi connectivity index (χ0v) is 16.0. The van der Waals surface area contributed by atoms with E-state index in [1.165, 1.54) is 42.6 Å². The van der Waals surface area contributed by atoms with Crippen LogP contribution in [-0.4, -0.2) is 31.6 Å². The van der Waals surface area contributed by atoms with Crippen LogP contribution in [0.1, 0.15) is 6.92 Å². The van der Waals surface area contributed by atoms with E-state index >= 15 is 0 Å². The maximum atomic E-state index is 13.4. The molecule has 0 spiro atoms. The molecule has 2 aromatic heterocycles. The molecule has 30 heavy (non-hydrogen) atoms. The van der Waals surface area contributed by atoms with Gasteiger partial charge in [0, 0.05) is 18.4 Å². The van der Waals surface area contributed by atoms with Crippen LogP contribution in [0.15, 0.2) is 60.8 Å². The van der Waals surface area contributed by atoms with Crippen molar-refractivity contribution >= 4 is 0 Å². The van der Waals surface area contributed by atoms with Gasteiger partial charge >= 0.3 is 6.01 Å². The molecular formula is C21H17F2N5O2. The Morgan fingerprint density at radius 3 is 2.33 bits per heavy atom. The number of benzene rings is 2. The van der Waals surface area contributed by atoms with Crippen LogP contribution in [0.3, 0.4) is 0 Å². The highest BCUT2D eigenvalue weighted by Gasteiger charge is 2.19. The summed E-state index contributed by atoms with van der Waals surface area (Å²) >= 11 is 0. The van der Waals surface area contributed by atoms with Gasteiger partial charge in [-0.1, -0.05) is 5.21 Å². The Hall–Kier alpha value is -3.72. The molecule has 152 valence electrons. The van der Waals surface area contributed by atoms with Crippen LogP contribution in [0, 0.1) is 11.6 Å². The van der Waals surface area contributed by atoms with Crippen LogP contribution in [0.2, 0.25) is 0 Å². The van der Waals surface area contributed by atoms with Crippen LogP contribution < -0.4 is 4.74 Å². The van der Waals surface area contributed by atoms with Crippen molar-refractivity contribution in [1.29, 1.82) is 0 Å². The zero-order valence-electron chi connectivity index (χ0n) is 16.0. The van der Waals surface area contributed by atoms with Gasteiger partial charge in [0.25, 0.3) is 0 Å². The van der Waals surface area contributed by atoms with Gasteiger partial charge < -0.3 is 9.47 Å². The minimum atomic E-state index is -0.369. The summed E-state index contributed by atoms with van der Waals surface area (Å²) in [6.45, 7) is 2.53. The summed E-state index contributed by atoms with van der Waals surface area (Å²) in [6.07, 6.45) is 1.54. The topological polar surface area (TPSA) is 75.0 Å². The van der Waals surface area contributed by atoms with E-state index in [0.29, 0.717) is 35.0 Å². The molecule has 0 atom stereocenters. The fourth-order valence-electron chi connectivity index (χ4n) is 2.77. The number of hydrogen-bond acceptors (Lipinski definition) is 6. The second kappa shape index (κ2) is 8.75. The summed E-state index contributed by atoms with van der Waals surface area (Å²) in [5.74, 6) is -0.320. The Bertz CT molecular complexity index is 1130. The molecule has 0 amide bonds. The van der Waals surface area contributed by atoms with Crippen molar-refractivity contribution in [3.05, 3.63) is 72.4 Å². The number of hydrogen-bond donors (Lipinski definition) is 0. The van der Waals surface area contributed by atoms with Crippen molar-refractivity contribution in [2.24, 2.45) is 0 Å². The van der Waals surface area contributed by atoms with E-state index < -0.39 is 0 Å². The predicted octanol–water partition coefficient (Wildman–Crippen LogP) is 4.47. The first kappa shape index (κ1) is 19.6. The molecule has 2 heterocycles. The Kier molecular flexibility index (Phi) is 5.71. The Labute approximate surface area is 170 Å². The Morgan fingerprint density at radius 1 is 0.933 bits per heavy atom. The molecule has 0 radical (unpaired) electrons. The van der Waals surface area contributed by atoms with Crippen molar-refractivity contribution < 1.29 is 18.3 Å². The summed E-state index contributed by atoms with van der Waals surface area (Å²) in [4.78, 5) is 8.56. The lowest BCUT2D eigenvalue weighted by atomic mass is 10.1. The summed E-state index contributed by atoms with van der Waals surface area (Å²) in [7, 11) is 0. The van der Waals surface area contributed by atoms with Gasteiger partial charge in [0.05, 0.1) is 5.69 Å². The van der Waals surface area contributed by atoms with E-state index in [1.807, 2.05) is 6.92 Å². The summed E-state index contributed by atoms with van der Waals surface area (Å²) in [6, 6.07) is 13.2. The Morgan fingerprint density at radius 2 is 1.63 bits per heavy atom. The third-order valence-electron chi connectivity index (χ3n) is 4.17. The van der Waals surface area contributed by atoms with E-state index in [0.717, 1.165) is 0 Å². The number of nitrogens with zero attached hydrogens (tertiary/aromatic N) is 5. The average Bonchev–Trinajstić information content (AvgIpc) is 3.18. The third-order valence-corrected chi connectivity index (χ3v) is 4.17. The standard InChI is InChI=1S/C21H17F2N5O2/c1-2-29-13-28-20(19(26-27-28)14-3-5-15(22)6-4-14)18-11-12-24-21(25-18)30-17-9-7-16(23)8-10-17/h3-12H,2,13H2,1H3. The molecule has 4 rings (SSSR count). The van der Waals surface area contributed by atoms with Crippen molar-refractivity contribution in [2.75, 3.05) is 6.61 Å². The maximum absolute atomic E-state index is 13.4. The first-order chi connectivity index (χ1) is 14.6. The quantitative estimate of drug-likeness (QED) is 0.448. The molecule has 0 saturated heterocycles. The summed E-state index contributed by atoms with van der Waals surface area (Å²) < 4.78 is 39.1. The van der Waals surface area contributed by atoms with Crippen LogP contribution in [0.5, 0.6) is 11.8 Å². The van der Waals surface area contributed by atoms with Gasteiger partial charge in [-0.2, -0.15) is 4.98 Å². The fraction of sp³-hybridized carbons (Fsp3) is 0.143. The minimum absolute atomic E-state index is 0.0772. The molecule has 0 N–H and O–H groups in total. The number of ether oxygens (including phenoxy) is 2. The van der Waals surface area contributed by atoms with Gasteiger partial charge in [-0.25, -0.2) is 18.4 Å². The third kappa shape index (κ3) is 4.31. The lowest BCUT2D eigenvalue weighted by molar-refractivity contribution is 0.0790. The fourth-order valence-corrected chi connectivity index (χ4v) is 2.77. The lowest BCUT2D eigenvalue weighted by Gasteiger charge is -2.09. The molecule has 2 aromatic carbocycles. The molecule has 0 bridgehead atoms. The normalized spacial score (nSPS) is 10.9. The van der Waals surface area contributed by atoms with Gasteiger partial charge in [-0.3, -0.25) is 0 Å². The van der Waals surface area contributed by atoms with E-state index in [1.54, 1.807) is 22.9 Å². The molecule has 0 aliphatic heterocycles. The zero-order chi connectivity index (χ0) is 20.9. The van der Waals surface area contributed by atoms with Gasteiger partial charge in [0.2, 0.25) is 0 Å². The summed E-state index contributed by atoms with van der Waals surface area (Å²) in [5, 5.41) is 8.39. The molecule has 0 aliphatic carbocycles. The van der Waals surface area contributed by atoms with Crippen molar-refractivity contribution in [3.8, 4) is 34.4 Å². The van der Waals surface area contributed by atoms with Crippen LogP contribution in [0.25, 0.3) is 22.6 Å². The largest absolute Gasteiger partial charge is 0.424 e. The van der Waals surface area contributed by atoms with Crippen LogP contribution in [0.4, 0.5) is 8.78 Å². The highest BCUT2D eigenvalue weighted by atomic mass is 19.1. The highest BCUT2D eigenvalue weighted by molar-refractivity contribution is 5.76. The molecule has 0 saturated carbocycles. The van der Waals surface area contributed by atoms with Gasteiger partial charge in [-0.15, -0.1) is 5.10 Å². The maximum Gasteiger partial charge on any atom is 0.322 e. The molecule has 4 aromatic rings. The smallest absolute Gasteiger partial charge is 0.322 e. The van der Waals surface area contributed by atoms with Crippen molar-refractivity contribution in [2.45, 2.75) is 13.7 Å². The molecule has 0 aliphatic rings. The first-order valence-electron chi connectivity index (χ1n) is 9.18. The lowest BCUT2D eigenvalue weighted by Crippen LogP contribution is -2.07. The van der Waals surface area contributed by atoms with E-state index in [4.69, 9.17) is 9.47 Å². The monoisotopic (exact) mass is 409 g/mol. The van der Waals surface area contributed by atoms with Gasteiger partial charge in [-0.05, 0) is 61.5 Å². The highest BCUT2D eigenvalue weighted by Crippen LogP contribution is 2.30. The van der Waals surface area contributed by atoms with Gasteiger partial charge in [0.15, 0.2) is 0 Å². The first-order valence-corrected chi connectivity index (χ1v) is 9.18. The van der Waals surface area contributed by atoms with Crippen LogP contribution >= 0.6 is 0 Å². The number of rotatable bonds is 7. The van der Waals surface area contributed by atoms with Gasteiger partial charge in [0.1, 0.15) is 35.5 Å². The minimum Gasteiger partial charge on any atom is -0.424 e. The molecule has 0 unspecified atom stereocenters. The average molecular weight is 409 g/mol. The van der Waals surface area contributed by atoms with E-state index in [2.05, 4.69) is 20.3 Å². The number of halogens is 2.